The number of Topliss-reactive ketones (excluding diaryl/α,β-unsaturated/α-hetero) is 1. The Morgan fingerprint density at radius 2 is 1.53 bits per heavy atom. The van der Waals surface area contributed by atoms with E-state index in [9.17, 15) is 4.79 Å². The Kier molecular flexibility index (Phi) is 3.04. The minimum Gasteiger partial charge on any atom is -0.298 e. The standard InChI is InChI=1S/C18H26O/c1-17(2,3)6-4-5-16(19)18-10-13-7-14(11-18)9-15(8-13)12-18/h13-15H,5,7-12H2,1-3H3. The van der Waals surface area contributed by atoms with Crippen LogP contribution in [0.5, 0.6) is 0 Å². The lowest BCUT2D eigenvalue weighted by Crippen LogP contribution is -2.49. The van der Waals surface area contributed by atoms with E-state index in [2.05, 4.69) is 32.6 Å². The molecule has 104 valence electrons. The molecule has 0 atom stereocenters. The van der Waals surface area contributed by atoms with Gasteiger partial charge in [0.05, 0.1) is 6.42 Å². The second-order valence-electron chi connectivity index (χ2n) is 8.35. The average molecular weight is 258 g/mol. The van der Waals surface area contributed by atoms with Gasteiger partial charge >= 0.3 is 0 Å². The molecule has 0 spiro atoms. The molecular weight excluding hydrogens is 232 g/mol. The topological polar surface area (TPSA) is 17.1 Å². The molecule has 1 heteroatoms. The van der Waals surface area contributed by atoms with Crippen LogP contribution in [0, 0.1) is 40.4 Å². The van der Waals surface area contributed by atoms with Gasteiger partial charge in [-0.25, -0.2) is 0 Å². The Morgan fingerprint density at radius 3 is 1.95 bits per heavy atom. The molecule has 0 unspecified atom stereocenters. The molecular formula is C18H26O. The largest absolute Gasteiger partial charge is 0.298 e. The van der Waals surface area contributed by atoms with E-state index < -0.39 is 0 Å². The third-order valence-corrected chi connectivity index (χ3v) is 5.34. The van der Waals surface area contributed by atoms with Crippen LogP contribution < -0.4 is 0 Å². The third-order valence-electron chi connectivity index (χ3n) is 5.34. The summed E-state index contributed by atoms with van der Waals surface area (Å²) < 4.78 is 0. The molecule has 4 rings (SSSR count). The fourth-order valence-corrected chi connectivity index (χ4v) is 5.03. The van der Waals surface area contributed by atoms with Gasteiger partial charge in [0.2, 0.25) is 0 Å². The van der Waals surface area contributed by atoms with E-state index in [1.165, 1.54) is 38.5 Å². The molecule has 0 amide bonds. The van der Waals surface area contributed by atoms with Crippen LogP contribution in [0.2, 0.25) is 0 Å². The molecule has 0 aliphatic heterocycles. The van der Waals surface area contributed by atoms with Gasteiger partial charge in [0.1, 0.15) is 0 Å². The number of ketones is 1. The Balaban J connectivity index is 1.71. The Morgan fingerprint density at radius 1 is 1.05 bits per heavy atom. The molecule has 0 aromatic carbocycles. The summed E-state index contributed by atoms with van der Waals surface area (Å²) in [6.45, 7) is 6.32. The molecule has 0 aromatic heterocycles. The van der Waals surface area contributed by atoms with Gasteiger partial charge < -0.3 is 0 Å². The summed E-state index contributed by atoms with van der Waals surface area (Å²) in [6.07, 6.45) is 8.23. The van der Waals surface area contributed by atoms with Crippen molar-refractivity contribution in [2.45, 2.75) is 65.7 Å². The second kappa shape index (κ2) is 4.37. The van der Waals surface area contributed by atoms with Crippen molar-refractivity contribution in [1.82, 2.24) is 0 Å². The molecule has 4 saturated carbocycles. The van der Waals surface area contributed by atoms with Crippen molar-refractivity contribution in [1.29, 1.82) is 0 Å². The number of carbonyl (C=O) groups excluding carboxylic acids is 1. The summed E-state index contributed by atoms with van der Waals surface area (Å²) >= 11 is 0. The van der Waals surface area contributed by atoms with Crippen LogP contribution in [0.25, 0.3) is 0 Å². The predicted molar refractivity (Wildman–Crippen MR) is 77.5 cm³/mol. The molecule has 0 saturated heterocycles. The van der Waals surface area contributed by atoms with E-state index >= 15 is 0 Å². The summed E-state index contributed by atoms with van der Waals surface area (Å²) in [5.41, 5.74) is 0.0586. The monoisotopic (exact) mass is 258 g/mol. The zero-order chi connectivity index (χ0) is 13.7. The molecule has 1 nitrogen and oxygen atoms in total. The van der Waals surface area contributed by atoms with Gasteiger partial charge in [0.25, 0.3) is 0 Å². The van der Waals surface area contributed by atoms with E-state index in [1.807, 2.05) is 0 Å². The highest BCUT2D eigenvalue weighted by Gasteiger charge is 2.53. The molecule has 4 aliphatic carbocycles. The SMILES string of the molecule is CC(C)(C)C#CCC(=O)C12CC3CC(CC(C3)C1)C2. The third kappa shape index (κ3) is 2.60. The lowest BCUT2D eigenvalue weighted by atomic mass is 9.48. The van der Waals surface area contributed by atoms with Gasteiger partial charge in [-0.2, -0.15) is 0 Å². The maximum Gasteiger partial charge on any atom is 0.150 e. The quantitative estimate of drug-likeness (QED) is 0.678. The number of rotatable bonds is 2. The molecule has 0 heterocycles. The van der Waals surface area contributed by atoms with Gasteiger partial charge in [-0.05, 0) is 77.0 Å². The maximum atomic E-state index is 12.7. The van der Waals surface area contributed by atoms with Crippen LogP contribution >= 0.6 is 0 Å². The van der Waals surface area contributed by atoms with E-state index in [-0.39, 0.29) is 10.8 Å². The van der Waals surface area contributed by atoms with E-state index in [1.54, 1.807) is 0 Å². The van der Waals surface area contributed by atoms with Gasteiger partial charge in [-0.3, -0.25) is 4.79 Å². The zero-order valence-corrected chi connectivity index (χ0v) is 12.6. The van der Waals surface area contributed by atoms with Crippen molar-refractivity contribution in [3.8, 4) is 11.8 Å². The lowest BCUT2D eigenvalue weighted by Gasteiger charge is -2.55. The highest BCUT2D eigenvalue weighted by Crippen LogP contribution is 2.60. The zero-order valence-electron chi connectivity index (χ0n) is 12.6. The summed E-state index contributed by atoms with van der Waals surface area (Å²) in [7, 11) is 0. The highest BCUT2D eigenvalue weighted by molar-refractivity contribution is 5.87. The first-order valence-electron chi connectivity index (χ1n) is 7.90. The molecule has 0 aromatic rings. The van der Waals surface area contributed by atoms with Crippen molar-refractivity contribution >= 4 is 5.78 Å². The lowest BCUT2D eigenvalue weighted by molar-refractivity contribution is -0.142. The molecule has 19 heavy (non-hydrogen) atoms. The van der Waals surface area contributed by atoms with Crippen molar-refractivity contribution in [2.24, 2.45) is 28.6 Å². The van der Waals surface area contributed by atoms with Crippen molar-refractivity contribution in [2.75, 3.05) is 0 Å². The van der Waals surface area contributed by atoms with Crippen LogP contribution in [0.1, 0.15) is 65.7 Å². The molecule has 4 fully saturated rings. The molecule has 4 bridgehead atoms. The minimum absolute atomic E-state index is 0.0156. The first-order chi connectivity index (χ1) is 8.86. The maximum absolute atomic E-state index is 12.7. The number of carbonyl (C=O) groups is 1. The molecule has 0 radical (unpaired) electrons. The van der Waals surface area contributed by atoms with Crippen molar-refractivity contribution in [3.05, 3.63) is 0 Å². The minimum atomic E-state index is 0.0156. The van der Waals surface area contributed by atoms with Crippen LogP contribution in [-0.2, 0) is 4.79 Å². The Labute approximate surface area is 117 Å². The Hall–Kier alpha value is -0.770. The summed E-state index contributed by atoms with van der Waals surface area (Å²) in [6, 6.07) is 0. The summed E-state index contributed by atoms with van der Waals surface area (Å²) in [4.78, 5) is 12.7. The number of hydrogen-bond acceptors (Lipinski definition) is 1. The number of hydrogen-bond donors (Lipinski definition) is 0. The molecule has 0 N–H and O–H groups in total. The van der Waals surface area contributed by atoms with Crippen LogP contribution in [0.4, 0.5) is 0 Å². The Bertz CT molecular complexity index is 405. The van der Waals surface area contributed by atoms with Crippen LogP contribution in [0.3, 0.4) is 0 Å². The fourth-order valence-electron chi connectivity index (χ4n) is 5.03. The smallest absolute Gasteiger partial charge is 0.150 e. The van der Waals surface area contributed by atoms with Gasteiger partial charge in [-0.1, -0.05) is 11.8 Å². The normalized spacial score (nSPS) is 39.8. The average Bonchev–Trinajstić information content (AvgIpc) is 2.25. The van der Waals surface area contributed by atoms with E-state index in [4.69, 9.17) is 0 Å². The predicted octanol–water partition coefficient (Wildman–Crippen LogP) is 4.21. The van der Waals surface area contributed by atoms with Gasteiger partial charge in [0.15, 0.2) is 5.78 Å². The van der Waals surface area contributed by atoms with Gasteiger partial charge in [0, 0.05) is 10.8 Å². The second-order valence-corrected chi connectivity index (χ2v) is 8.35. The molecule has 4 aliphatic rings. The van der Waals surface area contributed by atoms with Crippen LogP contribution in [0.15, 0.2) is 0 Å². The van der Waals surface area contributed by atoms with Crippen LogP contribution in [-0.4, -0.2) is 5.78 Å². The highest BCUT2D eigenvalue weighted by atomic mass is 16.1. The summed E-state index contributed by atoms with van der Waals surface area (Å²) in [5, 5.41) is 0. The van der Waals surface area contributed by atoms with Gasteiger partial charge in [-0.15, -0.1) is 0 Å². The van der Waals surface area contributed by atoms with Crippen molar-refractivity contribution in [3.63, 3.8) is 0 Å². The first-order valence-corrected chi connectivity index (χ1v) is 7.90. The summed E-state index contributed by atoms with van der Waals surface area (Å²) in [5.74, 6) is 9.38. The van der Waals surface area contributed by atoms with E-state index in [0.717, 1.165) is 17.8 Å². The fraction of sp³-hybridized carbons (Fsp3) is 0.833. The van der Waals surface area contributed by atoms with E-state index in [0.29, 0.717) is 12.2 Å². The first kappa shape index (κ1) is 13.2. The van der Waals surface area contributed by atoms with Crippen molar-refractivity contribution < 1.29 is 4.79 Å².